The molecule has 1 N–H and O–H groups in total. The van der Waals surface area contributed by atoms with Gasteiger partial charge in [-0.05, 0) is 47.2 Å². The zero-order valence-electron chi connectivity index (χ0n) is 16.9. The van der Waals surface area contributed by atoms with E-state index in [1.165, 1.54) is 11.1 Å². The maximum atomic E-state index is 12.6. The number of hydrogen-bond donors (Lipinski definition) is 1. The van der Waals surface area contributed by atoms with Crippen molar-refractivity contribution in [3.63, 3.8) is 0 Å². The van der Waals surface area contributed by atoms with Crippen LogP contribution in [-0.4, -0.2) is 25.2 Å². The minimum Gasteiger partial charge on any atom is -0.331 e. The highest BCUT2D eigenvalue weighted by Crippen LogP contribution is 2.48. The molecular weight excluding hydrogens is 410 g/mol. The predicted molar refractivity (Wildman–Crippen MR) is 120 cm³/mol. The average Bonchev–Trinajstić information content (AvgIpc) is 3.19. The Morgan fingerprint density at radius 3 is 2.65 bits per heavy atom. The second kappa shape index (κ2) is 8.40. The first kappa shape index (κ1) is 19.6. The molecular formula is C24H22ClN5O. The van der Waals surface area contributed by atoms with Crippen LogP contribution in [0.4, 0.5) is 5.82 Å². The summed E-state index contributed by atoms with van der Waals surface area (Å²) in [6.45, 7) is 1.45. The molecule has 0 radical (unpaired) electrons. The van der Waals surface area contributed by atoms with E-state index < -0.39 is 0 Å². The van der Waals surface area contributed by atoms with Gasteiger partial charge in [0.05, 0.1) is 12.9 Å². The normalized spacial score (nSPS) is 17.5. The van der Waals surface area contributed by atoms with Gasteiger partial charge in [-0.15, -0.1) is 0 Å². The molecule has 5 rings (SSSR count). The molecule has 31 heavy (non-hydrogen) atoms. The van der Waals surface area contributed by atoms with Crippen molar-refractivity contribution in [2.45, 2.75) is 25.4 Å². The largest absolute Gasteiger partial charge is 0.331 e. The summed E-state index contributed by atoms with van der Waals surface area (Å²) in [5, 5.41) is 7.88. The predicted octanol–water partition coefficient (Wildman–Crippen LogP) is 4.57. The summed E-state index contributed by atoms with van der Waals surface area (Å²) in [5.41, 5.74) is 3.49. The smallest absolute Gasteiger partial charge is 0.229 e. The van der Waals surface area contributed by atoms with E-state index in [9.17, 15) is 4.79 Å². The highest BCUT2D eigenvalue weighted by atomic mass is 35.5. The molecule has 1 fully saturated rings. The van der Waals surface area contributed by atoms with Crippen LogP contribution >= 0.6 is 11.6 Å². The third-order valence-electron chi connectivity index (χ3n) is 5.58. The summed E-state index contributed by atoms with van der Waals surface area (Å²) in [4.78, 5) is 16.9. The van der Waals surface area contributed by atoms with E-state index in [4.69, 9.17) is 11.6 Å². The molecule has 0 unspecified atom stereocenters. The number of carbonyl (C=O) groups excluding carboxylic acids is 1. The molecule has 1 aliphatic carbocycles. The Morgan fingerprint density at radius 1 is 1.10 bits per heavy atom. The van der Waals surface area contributed by atoms with Crippen LogP contribution in [0.15, 0.2) is 79.5 Å². The van der Waals surface area contributed by atoms with Gasteiger partial charge in [-0.25, -0.2) is 4.98 Å². The molecule has 156 valence electrons. The van der Waals surface area contributed by atoms with E-state index in [-0.39, 0.29) is 17.7 Å². The maximum Gasteiger partial charge on any atom is 0.229 e. The molecule has 2 heterocycles. The second-order valence-electron chi connectivity index (χ2n) is 7.94. The summed E-state index contributed by atoms with van der Waals surface area (Å²) in [5.74, 6) is 0.808. The van der Waals surface area contributed by atoms with Crippen molar-refractivity contribution in [3.05, 3.63) is 101 Å². The van der Waals surface area contributed by atoms with Gasteiger partial charge >= 0.3 is 0 Å². The van der Waals surface area contributed by atoms with Crippen molar-refractivity contribution in [3.8, 4) is 0 Å². The first-order valence-corrected chi connectivity index (χ1v) is 10.7. The molecule has 1 amide bonds. The third-order valence-corrected chi connectivity index (χ3v) is 5.82. The highest BCUT2D eigenvalue weighted by Gasteiger charge is 2.44. The molecule has 1 aliphatic rings. The molecule has 6 nitrogen and oxygen atoms in total. The molecule has 7 heteroatoms. The number of anilines is 1. The van der Waals surface area contributed by atoms with Gasteiger partial charge in [-0.1, -0.05) is 48.0 Å². The molecule has 0 saturated heterocycles. The summed E-state index contributed by atoms with van der Waals surface area (Å²) < 4.78 is 3.87. The van der Waals surface area contributed by atoms with Crippen LogP contribution in [0.2, 0.25) is 5.02 Å². The lowest BCUT2D eigenvalue weighted by atomic mass is 10.1. The average molecular weight is 432 g/mol. The summed E-state index contributed by atoms with van der Waals surface area (Å²) in [7, 11) is 0. The first-order chi connectivity index (χ1) is 15.1. The summed E-state index contributed by atoms with van der Waals surface area (Å²) in [6.07, 6.45) is 8.19. The van der Waals surface area contributed by atoms with E-state index >= 15 is 0 Å². The van der Waals surface area contributed by atoms with Crippen molar-refractivity contribution in [2.24, 2.45) is 5.92 Å². The topological polar surface area (TPSA) is 64.7 Å². The molecule has 0 aliphatic heterocycles. The van der Waals surface area contributed by atoms with Gasteiger partial charge in [0.2, 0.25) is 5.91 Å². The fraction of sp³-hybridized carbons (Fsp3) is 0.208. The van der Waals surface area contributed by atoms with Crippen LogP contribution < -0.4 is 5.32 Å². The molecule has 2 aromatic heterocycles. The lowest BCUT2D eigenvalue weighted by Crippen LogP contribution is -2.14. The van der Waals surface area contributed by atoms with Crippen LogP contribution in [0.3, 0.4) is 0 Å². The van der Waals surface area contributed by atoms with Gasteiger partial charge in [0, 0.05) is 36.1 Å². The summed E-state index contributed by atoms with van der Waals surface area (Å²) >= 11 is 6.07. The lowest BCUT2D eigenvalue weighted by Gasteiger charge is -2.06. The number of nitrogens with one attached hydrogen (secondary N) is 1. The van der Waals surface area contributed by atoms with E-state index in [2.05, 4.69) is 39.7 Å². The van der Waals surface area contributed by atoms with Gasteiger partial charge in [0.15, 0.2) is 5.82 Å². The van der Waals surface area contributed by atoms with E-state index in [1.807, 2.05) is 52.0 Å². The number of imidazole rings is 1. The van der Waals surface area contributed by atoms with Gasteiger partial charge in [0.25, 0.3) is 0 Å². The van der Waals surface area contributed by atoms with Gasteiger partial charge < -0.3 is 9.88 Å². The lowest BCUT2D eigenvalue weighted by molar-refractivity contribution is -0.117. The SMILES string of the molecule is O=C(Nc1cn(Cc2ccc(Cn3cccn3)cc2)cn1)[C@H]1C[C@@H]1c1cccc(Cl)c1. The molecule has 0 bridgehead atoms. The number of aromatic nitrogens is 4. The van der Waals surface area contributed by atoms with Crippen LogP contribution in [0.5, 0.6) is 0 Å². The third kappa shape index (κ3) is 4.70. The van der Waals surface area contributed by atoms with Crippen molar-refractivity contribution in [2.75, 3.05) is 5.32 Å². The Bertz CT molecular complexity index is 1180. The number of nitrogens with zero attached hydrogens (tertiary/aromatic N) is 4. The minimum absolute atomic E-state index is 0.0122. The van der Waals surface area contributed by atoms with Crippen LogP contribution in [-0.2, 0) is 17.9 Å². The Balaban J connectivity index is 1.16. The quantitative estimate of drug-likeness (QED) is 0.466. The molecule has 1 saturated carbocycles. The van der Waals surface area contributed by atoms with Crippen molar-refractivity contribution >= 4 is 23.3 Å². The second-order valence-corrected chi connectivity index (χ2v) is 8.38. The first-order valence-electron chi connectivity index (χ1n) is 10.3. The Kier molecular flexibility index (Phi) is 5.30. The van der Waals surface area contributed by atoms with Gasteiger partial charge in [0.1, 0.15) is 0 Å². The van der Waals surface area contributed by atoms with Crippen molar-refractivity contribution < 1.29 is 4.79 Å². The van der Waals surface area contributed by atoms with Crippen molar-refractivity contribution in [1.29, 1.82) is 0 Å². The number of carbonyl (C=O) groups is 1. The number of benzene rings is 2. The standard InChI is InChI=1S/C24H22ClN5O/c25-20-4-1-3-19(11-20)21-12-22(21)24(31)28-23-15-29(16-26-23)13-17-5-7-18(8-6-17)14-30-10-2-9-27-30/h1-11,15-16,21-22H,12-14H2,(H,28,31)/t21-,22+/m1/s1. The fourth-order valence-electron chi connectivity index (χ4n) is 3.86. The number of rotatable bonds is 7. The Hall–Kier alpha value is -3.38. The number of hydrogen-bond acceptors (Lipinski definition) is 3. The van der Waals surface area contributed by atoms with E-state index in [1.54, 1.807) is 12.5 Å². The molecule has 2 atom stereocenters. The fourth-order valence-corrected chi connectivity index (χ4v) is 4.06. The van der Waals surface area contributed by atoms with Gasteiger partial charge in [-0.2, -0.15) is 5.10 Å². The maximum absolute atomic E-state index is 12.6. The van der Waals surface area contributed by atoms with Crippen LogP contribution in [0.25, 0.3) is 0 Å². The molecule has 4 aromatic rings. The minimum atomic E-state index is -0.0223. The summed E-state index contributed by atoms with van der Waals surface area (Å²) in [6, 6.07) is 18.1. The molecule has 2 aromatic carbocycles. The van der Waals surface area contributed by atoms with Gasteiger partial charge in [-0.3, -0.25) is 9.48 Å². The van der Waals surface area contributed by atoms with E-state index in [0.29, 0.717) is 17.4 Å². The molecule has 0 spiro atoms. The van der Waals surface area contributed by atoms with Crippen molar-refractivity contribution in [1.82, 2.24) is 19.3 Å². The van der Waals surface area contributed by atoms with Crippen LogP contribution in [0.1, 0.15) is 29.0 Å². The Morgan fingerprint density at radius 2 is 1.90 bits per heavy atom. The zero-order valence-corrected chi connectivity index (χ0v) is 17.6. The van der Waals surface area contributed by atoms with Crippen LogP contribution in [0, 0.1) is 5.92 Å². The zero-order chi connectivity index (χ0) is 21.2. The highest BCUT2D eigenvalue weighted by molar-refractivity contribution is 6.30. The van der Waals surface area contributed by atoms with E-state index in [0.717, 1.165) is 18.5 Å². The number of amides is 1. The Labute approximate surface area is 185 Å². The monoisotopic (exact) mass is 431 g/mol. The number of halogens is 1.